The maximum Gasteiger partial charge on any atom is 0.296 e. The summed E-state index contributed by atoms with van der Waals surface area (Å²) >= 11 is 0. The van der Waals surface area contributed by atoms with Gasteiger partial charge in [-0.25, -0.2) is 8.42 Å². The van der Waals surface area contributed by atoms with Gasteiger partial charge in [0.1, 0.15) is 5.76 Å². The normalized spacial score (nSPS) is 25.0. The number of aliphatic hydroxyl groups excluding tert-OH is 1. The van der Waals surface area contributed by atoms with Gasteiger partial charge in [-0.2, -0.15) is 4.31 Å². The number of fused-ring (bicyclic) bond motifs is 2. The van der Waals surface area contributed by atoms with E-state index in [9.17, 15) is 27.9 Å². The van der Waals surface area contributed by atoms with E-state index >= 15 is 0 Å². The SMILES string of the molecule is CN1C(=O)C2(C(=C(O)c3ccc(S(=O)(=O)N4CCCCC4)cc3)C(=O)C(=O)N2CCN2CCOCC2)c2ccccc21. The smallest absolute Gasteiger partial charge is 0.296 e. The second-order valence-electron chi connectivity index (χ2n) is 11.0. The summed E-state index contributed by atoms with van der Waals surface area (Å²) in [6.07, 6.45) is 2.59. The zero-order valence-electron chi connectivity index (χ0n) is 23.5. The number of amides is 2. The van der Waals surface area contributed by atoms with Crippen LogP contribution in [0.4, 0.5) is 5.69 Å². The second-order valence-corrected chi connectivity index (χ2v) is 13.0. The number of piperidine rings is 1. The highest BCUT2D eigenvalue weighted by Gasteiger charge is 2.66. The molecule has 42 heavy (non-hydrogen) atoms. The van der Waals surface area contributed by atoms with Gasteiger partial charge in [-0.3, -0.25) is 19.3 Å². The molecule has 2 aromatic rings. The summed E-state index contributed by atoms with van der Waals surface area (Å²) in [6.45, 7) is 3.84. The zero-order chi connectivity index (χ0) is 29.6. The van der Waals surface area contributed by atoms with Crippen molar-refractivity contribution in [2.45, 2.75) is 29.7 Å². The van der Waals surface area contributed by atoms with Crippen LogP contribution in [-0.4, -0.2) is 105 Å². The number of nitrogens with zero attached hydrogens (tertiary/aromatic N) is 4. The van der Waals surface area contributed by atoms with Crippen molar-refractivity contribution < 1.29 is 32.6 Å². The molecule has 1 spiro atoms. The third-order valence-electron chi connectivity index (χ3n) is 8.76. The predicted octanol–water partition coefficient (Wildman–Crippen LogP) is 1.75. The molecule has 1 unspecified atom stereocenters. The van der Waals surface area contributed by atoms with Gasteiger partial charge < -0.3 is 19.6 Å². The number of sulfonamides is 1. The van der Waals surface area contributed by atoms with Crippen molar-refractivity contribution in [1.29, 1.82) is 0 Å². The maximum atomic E-state index is 14.2. The fourth-order valence-electron chi connectivity index (χ4n) is 6.52. The van der Waals surface area contributed by atoms with Gasteiger partial charge in [0.2, 0.25) is 10.0 Å². The number of rotatable bonds is 6. The second kappa shape index (κ2) is 10.9. The maximum absolute atomic E-state index is 14.2. The molecule has 0 saturated carbocycles. The van der Waals surface area contributed by atoms with Crippen LogP contribution in [0.1, 0.15) is 30.4 Å². The summed E-state index contributed by atoms with van der Waals surface area (Å²) in [5, 5.41) is 11.7. The van der Waals surface area contributed by atoms with Gasteiger partial charge in [-0.05, 0) is 43.2 Å². The highest BCUT2D eigenvalue weighted by molar-refractivity contribution is 7.89. The molecule has 0 aliphatic carbocycles. The van der Waals surface area contributed by atoms with Crippen LogP contribution in [0, 0.1) is 0 Å². The Hall–Kier alpha value is -3.58. The molecule has 4 aliphatic heterocycles. The van der Waals surface area contributed by atoms with Gasteiger partial charge in [-0.15, -0.1) is 0 Å². The molecular weight excluding hydrogens is 560 g/mol. The Morgan fingerprint density at radius 2 is 1.57 bits per heavy atom. The predicted molar refractivity (Wildman–Crippen MR) is 154 cm³/mol. The lowest BCUT2D eigenvalue weighted by Gasteiger charge is -2.36. The summed E-state index contributed by atoms with van der Waals surface area (Å²) in [5.41, 5.74) is -1.06. The Balaban J connectivity index is 1.44. The van der Waals surface area contributed by atoms with E-state index < -0.39 is 38.9 Å². The third-order valence-corrected chi connectivity index (χ3v) is 10.7. The van der Waals surface area contributed by atoms with Gasteiger partial charge in [-0.1, -0.05) is 24.6 Å². The minimum absolute atomic E-state index is 0.0728. The Labute approximate surface area is 245 Å². The van der Waals surface area contributed by atoms with Crippen LogP contribution in [0.25, 0.3) is 5.76 Å². The van der Waals surface area contributed by atoms with Gasteiger partial charge in [0.15, 0.2) is 5.54 Å². The first-order valence-corrected chi connectivity index (χ1v) is 15.7. The first kappa shape index (κ1) is 28.5. The van der Waals surface area contributed by atoms with E-state index in [4.69, 9.17) is 4.74 Å². The summed E-state index contributed by atoms with van der Waals surface area (Å²) < 4.78 is 33.2. The number of aliphatic hydroxyl groups is 1. The number of hydrogen-bond acceptors (Lipinski definition) is 8. The van der Waals surface area contributed by atoms with E-state index in [0.29, 0.717) is 57.2 Å². The number of carbonyl (C=O) groups is 3. The van der Waals surface area contributed by atoms with Crippen molar-refractivity contribution in [3.05, 3.63) is 65.2 Å². The molecule has 11 nitrogen and oxygen atoms in total. The molecule has 1 atom stereocenters. The van der Waals surface area contributed by atoms with E-state index in [1.54, 1.807) is 31.3 Å². The summed E-state index contributed by atoms with van der Waals surface area (Å²) in [6, 6.07) is 12.5. The molecule has 6 rings (SSSR count). The number of likely N-dealkylation sites (tertiary alicyclic amines) is 1. The number of Topliss-reactive ketones (excluding diaryl/α,β-unsaturated/α-hetero) is 1. The lowest BCUT2D eigenvalue weighted by atomic mass is 9.82. The number of likely N-dealkylation sites (N-methyl/N-ethyl adjacent to an activating group) is 1. The van der Waals surface area contributed by atoms with Crippen LogP contribution in [0.3, 0.4) is 0 Å². The molecule has 0 radical (unpaired) electrons. The Morgan fingerprint density at radius 1 is 0.905 bits per heavy atom. The van der Waals surface area contributed by atoms with Crippen LogP contribution in [-0.2, 0) is 34.7 Å². The van der Waals surface area contributed by atoms with Crippen LogP contribution in [0.15, 0.2) is 59.0 Å². The van der Waals surface area contributed by atoms with Crippen molar-refractivity contribution >= 4 is 39.1 Å². The Bertz CT molecular complexity index is 1560. The highest BCUT2D eigenvalue weighted by Crippen LogP contribution is 2.53. The van der Waals surface area contributed by atoms with Crippen molar-refractivity contribution in [2.24, 2.45) is 0 Å². The topological polar surface area (TPSA) is 128 Å². The molecule has 0 aromatic heterocycles. The number of hydrogen-bond donors (Lipinski definition) is 1. The average molecular weight is 595 g/mol. The van der Waals surface area contributed by atoms with E-state index in [2.05, 4.69) is 4.90 Å². The summed E-state index contributed by atoms with van der Waals surface area (Å²) in [7, 11) is -2.13. The number of ether oxygens (including phenoxy) is 1. The Morgan fingerprint density at radius 3 is 2.26 bits per heavy atom. The zero-order valence-corrected chi connectivity index (χ0v) is 24.3. The van der Waals surface area contributed by atoms with Crippen LogP contribution < -0.4 is 4.90 Å². The van der Waals surface area contributed by atoms with Crippen molar-refractivity contribution in [3.8, 4) is 0 Å². The third kappa shape index (κ3) is 4.36. The number of para-hydroxylation sites is 1. The molecule has 4 heterocycles. The molecule has 1 N–H and O–H groups in total. The average Bonchev–Trinajstić information content (AvgIpc) is 3.38. The monoisotopic (exact) mass is 594 g/mol. The molecule has 222 valence electrons. The van der Waals surface area contributed by atoms with E-state index in [-0.39, 0.29) is 22.6 Å². The lowest BCUT2D eigenvalue weighted by molar-refractivity contribution is -0.144. The number of ketones is 1. The van der Waals surface area contributed by atoms with Crippen molar-refractivity contribution in [2.75, 3.05) is 64.4 Å². The number of anilines is 1. The van der Waals surface area contributed by atoms with Gasteiger partial charge in [0.05, 0.1) is 23.7 Å². The first-order chi connectivity index (χ1) is 20.2. The minimum Gasteiger partial charge on any atom is -0.507 e. The summed E-state index contributed by atoms with van der Waals surface area (Å²) in [5.74, 6) is -2.87. The Kier molecular flexibility index (Phi) is 7.42. The van der Waals surface area contributed by atoms with Crippen LogP contribution >= 0.6 is 0 Å². The molecule has 3 fully saturated rings. The van der Waals surface area contributed by atoms with Crippen LogP contribution in [0.5, 0.6) is 0 Å². The first-order valence-electron chi connectivity index (χ1n) is 14.3. The fraction of sp³-hybridized carbons (Fsp3) is 0.433. The van der Waals surface area contributed by atoms with Gasteiger partial charge >= 0.3 is 0 Å². The van der Waals surface area contributed by atoms with E-state index in [1.165, 1.54) is 38.4 Å². The quantitative estimate of drug-likeness (QED) is 0.305. The van der Waals surface area contributed by atoms with E-state index in [1.807, 2.05) is 0 Å². The molecule has 2 aromatic carbocycles. The summed E-state index contributed by atoms with van der Waals surface area (Å²) in [4.78, 5) is 46.4. The molecule has 2 amide bonds. The lowest BCUT2D eigenvalue weighted by Crippen LogP contribution is -2.53. The largest absolute Gasteiger partial charge is 0.507 e. The minimum atomic E-state index is -3.72. The number of morpholine rings is 1. The van der Waals surface area contributed by atoms with Crippen LogP contribution in [0.2, 0.25) is 0 Å². The van der Waals surface area contributed by atoms with Crippen molar-refractivity contribution in [1.82, 2.24) is 14.1 Å². The standard InChI is InChI=1S/C30H34N4O7S/c1-31-24-8-4-3-7-23(24)30(29(31)38)25(27(36)28(37)34(30)16-15-32-17-19-41-20-18-32)26(35)21-9-11-22(12-10-21)42(39,40)33-13-5-2-6-14-33/h3-4,7-12,35H,2,5-6,13-20H2,1H3. The number of carbonyl (C=O) groups excluding carboxylic acids is 3. The molecule has 0 bridgehead atoms. The molecule has 12 heteroatoms. The molecule has 4 aliphatic rings. The highest BCUT2D eigenvalue weighted by atomic mass is 32.2. The molecular formula is C30H34N4O7S. The molecule has 3 saturated heterocycles. The fourth-order valence-corrected chi connectivity index (χ4v) is 8.04. The van der Waals surface area contributed by atoms with Gasteiger partial charge in [0, 0.05) is 63.1 Å². The van der Waals surface area contributed by atoms with Gasteiger partial charge in [0.25, 0.3) is 17.6 Å². The number of benzene rings is 2. The van der Waals surface area contributed by atoms with Crippen molar-refractivity contribution in [3.63, 3.8) is 0 Å². The van der Waals surface area contributed by atoms with E-state index in [0.717, 1.165) is 19.3 Å².